The number of rotatable bonds is 12. The minimum atomic E-state index is -1.25. The van der Waals surface area contributed by atoms with Crippen LogP contribution in [0.15, 0.2) is 66.7 Å². The molecule has 1 saturated heterocycles. The van der Waals surface area contributed by atoms with Gasteiger partial charge in [0.1, 0.15) is 30.3 Å². The Morgan fingerprint density at radius 2 is 1.43 bits per heavy atom. The van der Waals surface area contributed by atoms with E-state index in [1.165, 1.54) is 27.7 Å². The maximum Gasteiger partial charge on any atom is 0.303 e. The predicted octanol–water partition coefficient (Wildman–Crippen LogP) is 5.60. The second-order valence-electron chi connectivity index (χ2n) is 10.9. The van der Waals surface area contributed by atoms with Crippen LogP contribution in [-0.2, 0) is 44.5 Å². The van der Waals surface area contributed by atoms with Gasteiger partial charge in [-0.1, -0.05) is 41.9 Å². The summed E-state index contributed by atoms with van der Waals surface area (Å²) in [5.74, 6) is -1.10. The minimum absolute atomic E-state index is 0.158. The average Bonchev–Trinajstić information content (AvgIpc) is 3.00. The molecule has 47 heavy (non-hydrogen) atoms. The molecule has 1 heterocycles. The van der Waals surface area contributed by atoms with Gasteiger partial charge in [0.2, 0.25) is 5.91 Å². The second kappa shape index (κ2) is 16.3. The third-order valence-corrected chi connectivity index (χ3v) is 7.50. The molecule has 0 unspecified atom stereocenters. The zero-order valence-electron chi connectivity index (χ0n) is 26.8. The summed E-state index contributed by atoms with van der Waals surface area (Å²) < 4.78 is 35.1. The third kappa shape index (κ3) is 9.94. The van der Waals surface area contributed by atoms with Crippen molar-refractivity contribution in [3.63, 3.8) is 0 Å². The Labute approximate surface area is 278 Å². The van der Waals surface area contributed by atoms with Gasteiger partial charge in [0, 0.05) is 44.5 Å². The van der Waals surface area contributed by atoms with E-state index in [2.05, 4.69) is 5.32 Å². The second-order valence-corrected chi connectivity index (χ2v) is 11.3. The molecule has 0 aromatic heterocycles. The van der Waals surface area contributed by atoms with Crippen molar-refractivity contribution in [1.82, 2.24) is 0 Å². The summed E-state index contributed by atoms with van der Waals surface area (Å²) in [6.07, 6.45) is -5.14. The van der Waals surface area contributed by atoms with E-state index in [0.717, 1.165) is 16.9 Å². The smallest absolute Gasteiger partial charge is 0.303 e. The summed E-state index contributed by atoms with van der Waals surface area (Å²) in [5.41, 5.74) is 2.85. The standard InChI is InChI=1S/C35H38ClNO10/c1-6-42-28-13-10-24(11-14-28)16-26-17-25(12-15-30(26)36)32-34(45-22(4)40)35(46-23(5)41)33(44-21(3)39)31(47-32)19-43-29-9-7-8-27(18-29)37-20(2)38/h7-15,17-18,31-35H,6,16,19H2,1-5H3,(H,37,38)/t31-,32+,33-,34+,35+/m1/s1. The highest BCUT2D eigenvalue weighted by atomic mass is 35.5. The molecule has 0 radical (unpaired) electrons. The van der Waals surface area contributed by atoms with Crippen molar-refractivity contribution in [2.75, 3.05) is 18.5 Å². The summed E-state index contributed by atoms with van der Waals surface area (Å²) in [6, 6.07) is 19.7. The molecule has 1 N–H and O–H groups in total. The number of hydrogen-bond acceptors (Lipinski definition) is 10. The van der Waals surface area contributed by atoms with E-state index in [1.54, 1.807) is 36.4 Å². The molecule has 5 atom stereocenters. The van der Waals surface area contributed by atoms with Crippen molar-refractivity contribution in [3.05, 3.63) is 88.4 Å². The van der Waals surface area contributed by atoms with Crippen LogP contribution < -0.4 is 14.8 Å². The summed E-state index contributed by atoms with van der Waals surface area (Å²) in [7, 11) is 0. The molecule has 1 fully saturated rings. The molecular weight excluding hydrogens is 630 g/mol. The Balaban J connectivity index is 1.71. The van der Waals surface area contributed by atoms with E-state index in [9.17, 15) is 19.2 Å². The van der Waals surface area contributed by atoms with Crippen molar-refractivity contribution in [2.24, 2.45) is 0 Å². The van der Waals surface area contributed by atoms with Crippen molar-refractivity contribution in [1.29, 1.82) is 0 Å². The molecular formula is C35H38ClNO10. The van der Waals surface area contributed by atoms with Crippen molar-refractivity contribution in [2.45, 2.75) is 71.6 Å². The summed E-state index contributed by atoms with van der Waals surface area (Å²) >= 11 is 6.63. The van der Waals surface area contributed by atoms with Gasteiger partial charge in [-0.2, -0.15) is 0 Å². The molecule has 0 saturated carbocycles. The molecule has 1 amide bonds. The first-order valence-electron chi connectivity index (χ1n) is 15.1. The largest absolute Gasteiger partial charge is 0.494 e. The van der Waals surface area contributed by atoms with E-state index in [1.807, 2.05) is 37.3 Å². The first-order valence-corrected chi connectivity index (χ1v) is 15.5. The van der Waals surface area contributed by atoms with Crippen molar-refractivity contribution < 1.29 is 47.6 Å². The lowest BCUT2D eigenvalue weighted by Crippen LogP contribution is -2.59. The topological polar surface area (TPSA) is 136 Å². The average molecular weight is 668 g/mol. The van der Waals surface area contributed by atoms with Crippen LogP contribution >= 0.6 is 11.6 Å². The van der Waals surface area contributed by atoms with Crippen LogP contribution in [0.1, 0.15) is 57.4 Å². The van der Waals surface area contributed by atoms with E-state index in [0.29, 0.717) is 35.1 Å². The number of hydrogen-bond donors (Lipinski definition) is 1. The number of benzene rings is 3. The first-order chi connectivity index (χ1) is 22.4. The van der Waals surface area contributed by atoms with Crippen LogP contribution in [0.2, 0.25) is 5.02 Å². The highest BCUT2D eigenvalue weighted by Gasteiger charge is 2.52. The first kappa shape index (κ1) is 35.2. The monoisotopic (exact) mass is 667 g/mol. The Bertz CT molecular complexity index is 1580. The Hall–Kier alpha value is -4.61. The number of esters is 3. The van der Waals surface area contributed by atoms with E-state index < -0.39 is 48.4 Å². The van der Waals surface area contributed by atoms with Gasteiger partial charge in [0.15, 0.2) is 18.3 Å². The fourth-order valence-electron chi connectivity index (χ4n) is 5.34. The van der Waals surface area contributed by atoms with Crippen LogP contribution in [0.5, 0.6) is 11.5 Å². The number of carbonyl (C=O) groups is 4. The Kier molecular flexibility index (Phi) is 12.2. The Morgan fingerprint density at radius 3 is 2.06 bits per heavy atom. The lowest BCUT2D eigenvalue weighted by molar-refractivity contribution is -0.252. The van der Waals surface area contributed by atoms with E-state index >= 15 is 0 Å². The highest BCUT2D eigenvalue weighted by molar-refractivity contribution is 6.31. The number of nitrogens with one attached hydrogen (secondary N) is 1. The van der Waals surface area contributed by atoms with Crippen LogP contribution in [0.4, 0.5) is 5.69 Å². The lowest BCUT2D eigenvalue weighted by Gasteiger charge is -2.44. The molecule has 0 bridgehead atoms. The van der Waals surface area contributed by atoms with Gasteiger partial charge in [-0.25, -0.2) is 0 Å². The zero-order chi connectivity index (χ0) is 34.1. The maximum absolute atomic E-state index is 12.4. The number of carbonyl (C=O) groups excluding carboxylic acids is 4. The number of anilines is 1. The number of amides is 1. The summed E-state index contributed by atoms with van der Waals surface area (Å²) in [4.78, 5) is 48.6. The molecule has 1 aliphatic rings. The fraction of sp³-hybridized carbons (Fsp3) is 0.371. The van der Waals surface area contributed by atoms with Crippen LogP contribution in [0.3, 0.4) is 0 Å². The minimum Gasteiger partial charge on any atom is -0.494 e. The molecule has 11 nitrogen and oxygen atoms in total. The van der Waals surface area contributed by atoms with E-state index in [-0.39, 0.29) is 12.5 Å². The predicted molar refractivity (Wildman–Crippen MR) is 172 cm³/mol. The Morgan fingerprint density at radius 1 is 0.766 bits per heavy atom. The highest BCUT2D eigenvalue weighted by Crippen LogP contribution is 2.39. The molecule has 3 aromatic rings. The van der Waals surface area contributed by atoms with Crippen molar-refractivity contribution >= 4 is 41.1 Å². The fourth-order valence-corrected chi connectivity index (χ4v) is 5.52. The third-order valence-electron chi connectivity index (χ3n) is 7.14. The van der Waals surface area contributed by atoms with Gasteiger partial charge in [-0.05, 0) is 60.4 Å². The number of ether oxygens (including phenoxy) is 6. The van der Waals surface area contributed by atoms with Crippen molar-refractivity contribution in [3.8, 4) is 11.5 Å². The molecule has 0 spiro atoms. The van der Waals surface area contributed by atoms with Crippen LogP contribution in [0.25, 0.3) is 0 Å². The van der Waals surface area contributed by atoms with E-state index in [4.69, 9.17) is 40.0 Å². The van der Waals surface area contributed by atoms with Crippen LogP contribution in [-0.4, -0.2) is 61.4 Å². The normalized spacial score (nSPS) is 20.4. The molecule has 250 valence electrons. The van der Waals surface area contributed by atoms with Gasteiger partial charge >= 0.3 is 17.9 Å². The zero-order valence-corrected chi connectivity index (χ0v) is 27.6. The van der Waals surface area contributed by atoms with Gasteiger partial charge < -0.3 is 33.7 Å². The summed E-state index contributed by atoms with van der Waals surface area (Å²) in [5, 5.41) is 3.20. The lowest BCUT2D eigenvalue weighted by atomic mass is 9.89. The molecule has 1 aliphatic heterocycles. The SMILES string of the molecule is CCOc1ccc(Cc2cc([C@@H]3O[C@H](COc4cccc(NC(C)=O)c4)[C@@H](OC(C)=O)[C@H](OC(C)=O)[C@H]3OC(C)=O)ccc2Cl)cc1. The molecule has 4 rings (SSSR count). The molecule has 3 aromatic carbocycles. The quantitative estimate of drug-likeness (QED) is 0.192. The van der Waals surface area contributed by atoms with Gasteiger partial charge in [-0.3, -0.25) is 19.2 Å². The van der Waals surface area contributed by atoms with Gasteiger partial charge in [0.25, 0.3) is 0 Å². The molecule has 12 heteroatoms. The summed E-state index contributed by atoms with van der Waals surface area (Å²) in [6.45, 7) is 7.34. The molecule has 0 aliphatic carbocycles. The van der Waals surface area contributed by atoms with Gasteiger partial charge in [-0.15, -0.1) is 0 Å². The van der Waals surface area contributed by atoms with Gasteiger partial charge in [0.05, 0.1) is 6.61 Å². The maximum atomic E-state index is 12.4. The number of halogens is 1. The van der Waals surface area contributed by atoms with Crippen LogP contribution in [0, 0.1) is 0 Å².